The Morgan fingerprint density at radius 2 is 1.70 bits per heavy atom. The van der Waals surface area contributed by atoms with Gasteiger partial charge >= 0.3 is 0 Å². The molecule has 0 bridgehead atoms. The van der Waals surface area contributed by atoms with Crippen molar-refractivity contribution in [1.82, 2.24) is 4.98 Å². The molecule has 102 valence electrons. The number of nitriles is 2. The molecule has 5 nitrogen and oxygen atoms in total. The van der Waals surface area contributed by atoms with Crippen molar-refractivity contribution in [2.45, 2.75) is 25.7 Å². The SMILES string of the molecule is N#Cc1c(N2CCOCC2)nc2c(c1C#N)CCCC2. The van der Waals surface area contributed by atoms with Crippen molar-refractivity contribution in [2.24, 2.45) is 0 Å². The van der Waals surface area contributed by atoms with Crippen LogP contribution in [0.25, 0.3) is 0 Å². The van der Waals surface area contributed by atoms with Gasteiger partial charge in [-0.1, -0.05) is 0 Å². The van der Waals surface area contributed by atoms with Crippen LogP contribution in [0.2, 0.25) is 0 Å². The van der Waals surface area contributed by atoms with Gasteiger partial charge < -0.3 is 9.64 Å². The normalized spacial score (nSPS) is 18.0. The number of pyridine rings is 1. The monoisotopic (exact) mass is 268 g/mol. The molecule has 0 spiro atoms. The number of aromatic nitrogens is 1. The van der Waals surface area contributed by atoms with Crippen LogP contribution >= 0.6 is 0 Å². The number of fused-ring (bicyclic) bond motifs is 1. The van der Waals surface area contributed by atoms with E-state index in [0.717, 1.165) is 50.0 Å². The molecule has 1 saturated heterocycles. The van der Waals surface area contributed by atoms with Crippen molar-refractivity contribution in [2.75, 3.05) is 31.2 Å². The highest BCUT2D eigenvalue weighted by molar-refractivity contribution is 5.65. The Bertz CT molecular complexity index is 606. The van der Waals surface area contributed by atoms with E-state index in [1.165, 1.54) is 0 Å². The maximum Gasteiger partial charge on any atom is 0.148 e. The second-order valence-electron chi connectivity index (χ2n) is 5.14. The number of aryl methyl sites for hydroxylation is 1. The first-order valence-corrected chi connectivity index (χ1v) is 7.03. The van der Waals surface area contributed by atoms with E-state index >= 15 is 0 Å². The summed E-state index contributed by atoms with van der Waals surface area (Å²) in [6.07, 6.45) is 3.96. The molecule has 1 aliphatic heterocycles. The Morgan fingerprint density at radius 1 is 1.00 bits per heavy atom. The molecule has 0 radical (unpaired) electrons. The van der Waals surface area contributed by atoms with E-state index in [4.69, 9.17) is 9.72 Å². The van der Waals surface area contributed by atoms with Gasteiger partial charge in [-0.25, -0.2) is 4.98 Å². The fourth-order valence-corrected chi connectivity index (χ4v) is 2.96. The van der Waals surface area contributed by atoms with Crippen LogP contribution in [0.3, 0.4) is 0 Å². The van der Waals surface area contributed by atoms with Gasteiger partial charge in [0.05, 0.1) is 18.8 Å². The van der Waals surface area contributed by atoms with Gasteiger partial charge in [0.25, 0.3) is 0 Å². The maximum absolute atomic E-state index is 9.46. The predicted molar refractivity (Wildman–Crippen MR) is 73.3 cm³/mol. The third-order valence-corrected chi connectivity index (χ3v) is 3.99. The zero-order valence-electron chi connectivity index (χ0n) is 11.4. The number of nitrogens with zero attached hydrogens (tertiary/aromatic N) is 4. The lowest BCUT2D eigenvalue weighted by atomic mass is 9.90. The lowest BCUT2D eigenvalue weighted by Crippen LogP contribution is -2.37. The van der Waals surface area contributed by atoms with Crippen LogP contribution in [-0.2, 0) is 17.6 Å². The van der Waals surface area contributed by atoms with Crippen LogP contribution in [-0.4, -0.2) is 31.3 Å². The average molecular weight is 268 g/mol. The highest BCUT2D eigenvalue weighted by Gasteiger charge is 2.25. The quantitative estimate of drug-likeness (QED) is 0.772. The molecule has 0 saturated carbocycles. The van der Waals surface area contributed by atoms with Gasteiger partial charge in [-0.15, -0.1) is 0 Å². The summed E-state index contributed by atoms with van der Waals surface area (Å²) in [7, 11) is 0. The molecule has 3 rings (SSSR count). The number of rotatable bonds is 1. The Kier molecular flexibility index (Phi) is 3.54. The zero-order valence-corrected chi connectivity index (χ0v) is 11.4. The van der Waals surface area contributed by atoms with Gasteiger partial charge in [-0.3, -0.25) is 0 Å². The third-order valence-electron chi connectivity index (χ3n) is 3.99. The molecule has 0 unspecified atom stereocenters. The molecular weight excluding hydrogens is 252 g/mol. The molecule has 20 heavy (non-hydrogen) atoms. The van der Waals surface area contributed by atoms with E-state index in [2.05, 4.69) is 17.0 Å². The first-order chi connectivity index (χ1) is 9.85. The Morgan fingerprint density at radius 3 is 2.40 bits per heavy atom. The maximum atomic E-state index is 9.46. The molecule has 1 fully saturated rings. The summed E-state index contributed by atoms with van der Waals surface area (Å²) >= 11 is 0. The molecule has 1 aromatic heterocycles. The van der Waals surface area contributed by atoms with Crippen molar-refractivity contribution in [3.63, 3.8) is 0 Å². The minimum absolute atomic E-state index is 0.440. The van der Waals surface area contributed by atoms with Crippen LogP contribution in [0.15, 0.2) is 0 Å². The van der Waals surface area contributed by atoms with Crippen molar-refractivity contribution in [3.05, 3.63) is 22.4 Å². The van der Waals surface area contributed by atoms with Crippen LogP contribution in [0, 0.1) is 22.7 Å². The number of hydrogen-bond acceptors (Lipinski definition) is 5. The number of anilines is 1. The van der Waals surface area contributed by atoms with E-state index in [9.17, 15) is 10.5 Å². The number of ether oxygens (including phenoxy) is 1. The van der Waals surface area contributed by atoms with E-state index in [-0.39, 0.29) is 0 Å². The molecule has 1 aliphatic carbocycles. The van der Waals surface area contributed by atoms with E-state index in [1.54, 1.807) is 0 Å². The third kappa shape index (κ3) is 2.11. The smallest absolute Gasteiger partial charge is 0.148 e. The van der Waals surface area contributed by atoms with E-state index in [0.29, 0.717) is 30.2 Å². The average Bonchev–Trinajstić information content (AvgIpc) is 2.53. The van der Waals surface area contributed by atoms with Gasteiger partial charge in [0.1, 0.15) is 23.5 Å². The second-order valence-corrected chi connectivity index (χ2v) is 5.14. The van der Waals surface area contributed by atoms with Crippen LogP contribution in [0.5, 0.6) is 0 Å². The minimum Gasteiger partial charge on any atom is -0.378 e. The van der Waals surface area contributed by atoms with Crippen molar-refractivity contribution in [1.29, 1.82) is 10.5 Å². The summed E-state index contributed by atoms with van der Waals surface area (Å²) < 4.78 is 5.35. The minimum atomic E-state index is 0.440. The van der Waals surface area contributed by atoms with Gasteiger partial charge in [0.15, 0.2) is 0 Å². The summed E-state index contributed by atoms with van der Waals surface area (Å²) in [6, 6.07) is 4.43. The summed E-state index contributed by atoms with van der Waals surface area (Å²) in [5, 5.41) is 18.9. The molecule has 2 heterocycles. The molecule has 0 N–H and O–H groups in total. The highest BCUT2D eigenvalue weighted by Crippen LogP contribution is 2.31. The standard InChI is InChI=1S/C15H16N4O/c16-9-12-11-3-1-2-4-14(11)18-15(13(12)10-17)19-5-7-20-8-6-19/h1-8H2. The van der Waals surface area contributed by atoms with E-state index < -0.39 is 0 Å². The van der Waals surface area contributed by atoms with Crippen LogP contribution in [0.1, 0.15) is 35.2 Å². The fourth-order valence-electron chi connectivity index (χ4n) is 2.96. The summed E-state index contributed by atoms with van der Waals surface area (Å²) in [5.41, 5.74) is 2.98. The van der Waals surface area contributed by atoms with Crippen LogP contribution in [0.4, 0.5) is 5.82 Å². The van der Waals surface area contributed by atoms with Crippen molar-refractivity contribution < 1.29 is 4.74 Å². The Balaban J connectivity index is 2.14. The molecule has 0 atom stereocenters. The lowest BCUT2D eigenvalue weighted by molar-refractivity contribution is 0.122. The fraction of sp³-hybridized carbons (Fsp3) is 0.533. The second kappa shape index (κ2) is 5.48. The van der Waals surface area contributed by atoms with Crippen molar-refractivity contribution >= 4 is 5.82 Å². The summed E-state index contributed by atoms with van der Waals surface area (Å²) in [5.74, 6) is 0.674. The first kappa shape index (κ1) is 12.9. The molecule has 5 heteroatoms. The molecular formula is C15H16N4O. The summed E-state index contributed by atoms with van der Waals surface area (Å²) in [6.45, 7) is 2.74. The highest BCUT2D eigenvalue weighted by atomic mass is 16.5. The lowest BCUT2D eigenvalue weighted by Gasteiger charge is -2.30. The van der Waals surface area contributed by atoms with Crippen LogP contribution < -0.4 is 4.90 Å². The number of hydrogen-bond donors (Lipinski definition) is 0. The molecule has 0 amide bonds. The largest absolute Gasteiger partial charge is 0.378 e. The molecule has 2 aliphatic rings. The zero-order chi connectivity index (χ0) is 13.9. The topological polar surface area (TPSA) is 72.9 Å². The van der Waals surface area contributed by atoms with E-state index in [1.807, 2.05) is 0 Å². The van der Waals surface area contributed by atoms with Gasteiger partial charge in [-0.05, 0) is 31.2 Å². The van der Waals surface area contributed by atoms with Gasteiger partial charge in [-0.2, -0.15) is 10.5 Å². The summed E-state index contributed by atoms with van der Waals surface area (Å²) in [4.78, 5) is 6.78. The Labute approximate surface area is 118 Å². The number of morpholine rings is 1. The van der Waals surface area contributed by atoms with Gasteiger partial charge in [0, 0.05) is 18.8 Å². The predicted octanol–water partition coefficient (Wildman–Crippen LogP) is 1.54. The Hall–Kier alpha value is -2.11. The molecule has 1 aromatic rings. The first-order valence-electron chi connectivity index (χ1n) is 7.03. The molecule has 0 aromatic carbocycles. The van der Waals surface area contributed by atoms with Crippen molar-refractivity contribution in [3.8, 4) is 12.1 Å². The van der Waals surface area contributed by atoms with Gasteiger partial charge in [0.2, 0.25) is 0 Å².